The van der Waals surface area contributed by atoms with Gasteiger partial charge in [0.15, 0.2) is 0 Å². The molecule has 0 saturated heterocycles. The highest BCUT2D eigenvalue weighted by atomic mass is 32.1. The standard InChI is InChI=1S/C13H12N2O2S/c14-9-4-2-1-3-8(9)12-15-10(7-5-6-7)11(18-12)13(16)17/h1-4,7H,5-6,14H2,(H,16,17). The Balaban J connectivity index is 2.11. The van der Waals surface area contributed by atoms with Gasteiger partial charge in [0.2, 0.25) is 0 Å². The Labute approximate surface area is 108 Å². The third-order valence-corrected chi connectivity index (χ3v) is 4.10. The molecule has 1 saturated carbocycles. The van der Waals surface area contributed by atoms with Crippen LogP contribution in [0.5, 0.6) is 0 Å². The van der Waals surface area contributed by atoms with E-state index in [1.807, 2.05) is 18.2 Å². The van der Waals surface area contributed by atoms with E-state index in [1.54, 1.807) is 6.07 Å². The van der Waals surface area contributed by atoms with E-state index in [9.17, 15) is 9.90 Å². The number of hydrogen-bond donors (Lipinski definition) is 2. The normalized spacial score (nSPS) is 14.7. The molecule has 18 heavy (non-hydrogen) atoms. The van der Waals surface area contributed by atoms with Crippen molar-refractivity contribution in [1.82, 2.24) is 4.98 Å². The largest absolute Gasteiger partial charge is 0.477 e. The minimum Gasteiger partial charge on any atom is -0.477 e. The molecule has 0 unspecified atom stereocenters. The molecule has 3 N–H and O–H groups in total. The summed E-state index contributed by atoms with van der Waals surface area (Å²) in [4.78, 5) is 16.1. The summed E-state index contributed by atoms with van der Waals surface area (Å²) in [6.07, 6.45) is 2.07. The highest BCUT2D eigenvalue weighted by Crippen LogP contribution is 2.44. The number of carboxylic acids is 1. The van der Waals surface area contributed by atoms with Crippen molar-refractivity contribution in [1.29, 1.82) is 0 Å². The fourth-order valence-electron chi connectivity index (χ4n) is 1.93. The third kappa shape index (κ3) is 1.86. The number of nitrogen functional groups attached to an aromatic ring is 1. The molecule has 1 aliphatic carbocycles. The second-order valence-corrected chi connectivity index (χ2v) is 5.40. The van der Waals surface area contributed by atoms with Crippen molar-refractivity contribution < 1.29 is 9.90 Å². The molecule has 0 aliphatic heterocycles. The van der Waals surface area contributed by atoms with E-state index in [0.717, 1.165) is 24.1 Å². The van der Waals surface area contributed by atoms with E-state index in [2.05, 4.69) is 4.98 Å². The van der Waals surface area contributed by atoms with Crippen molar-refractivity contribution in [2.75, 3.05) is 5.73 Å². The number of nitrogens with two attached hydrogens (primary N) is 1. The molecule has 1 aliphatic rings. The van der Waals surface area contributed by atoms with Crippen LogP contribution in [-0.4, -0.2) is 16.1 Å². The van der Waals surface area contributed by atoms with Crippen LogP contribution in [0.15, 0.2) is 24.3 Å². The number of thiazole rings is 1. The molecule has 1 aromatic heterocycles. The molecule has 1 fully saturated rings. The Morgan fingerprint density at radius 2 is 2.11 bits per heavy atom. The smallest absolute Gasteiger partial charge is 0.347 e. The third-order valence-electron chi connectivity index (χ3n) is 3.00. The first-order valence-electron chi connectivity index (χ1n) is 5.75. The fraction of sp³-hybridized carbons (Fsp3) is 0.231. The molecule has 1 aromatic carbocycles. The van der Waals surface area contributed by atoms with Gasteiger partial charge in [-0.25, -0.2) is 9.78 Å². The van der Waals surface area contributed by atoms with Gasteiger partial charge in [0, 0.05) is 17.2 Å². The summed E-state index contributed by atoms with van der Waals surface area (Å²) in [7, 11) is 0. The van der Waals surface area contributed by atoms with E-state index >= 15 is 0 Å². The van der Waals surface area contributed by atoms with Crippen molar-refractivity contribution in [3.63, 3.8) is 0 Å². The zero-order valence-electron chi connectivity index (χ0n) is 9.59. The lowest BCUT2D eigenvalue weighted by Crippen LogP contribution is -1.97. The number of aromatic carboxylic acids is 1. The zero-order valence-corrected chi connectivity index (χ0v) is 10.4. The maximum atomic E-state index is 11.2. The quantitative estimate of drug-likeness (QED) is 0.832. The molecule has 0 bridgehead atoms. The van der Waals surface area contributed by atoms with Crippen LogP contribution in [0.25, 0.3) is 10.6 Å². The van der Waals surface area contributed by atoms with Crippen molar-refractivity contribution in [3.05, 3.63) is 34.8 Å². The lowest BCUT2D eigenvalue weighted by Gasteiger charge is -1.99. The van der Waals surface area contributed by atoms with Gasteiger partial charge in [-0.15, -0.1) is 11.3 Å². The first kappa shape index (κ1) is 11.2. The first-order valence-corrected chi connectivity index (χ1v) is 6.57. The molecule has 0 radical (unpaired) electrons. The second-order valence-electron chi connectivity index (χ2n) is 4.40. The van der Waals surface area contributed by atoms with Crippen LogP contribution < -0.4 is 5.73 Å². The van der Waals surface area contributed by atoms with Gasteiger partial charge in [0.1, 0.15) is 9.88 Å². The summed E-state index contributed by atoms with van der Waals surface area (Å²) in [5.41, 5.74) is 8.07. The molecular weight excluding hydrogens is 248 g/mol. The predicted octanol–water partition coefficient (Wildman–Crippen LogP) is 2.97. The summed E-state index contributed by atoms with van der Waals surface area (Å²) in [6.45, 7) is 0. The molecule has 2 aromatic rings. The molecule has 0 atom stereocenters. The predicted molar refractivity (Wildman–Crippen MR) is 70.9 cm³/mol. The number of para-hydroxylation sites is 1. The number of anilines is 1. The lowest BCUT2D eigenvalue weighted by molar-refractivity contribution is 0.0700. The monoisotopic (exact) mass is 260 g/mol. The van der Waals surface area contributed by atoms with Crippen LogP contribution in [-0.2, 0) is 0 Å². The van der Waals surface area contributed by atoms with Crippen LogP contribution >= 0.6 is 11.3 Å². The SMILES string of the molecule is Nc1ccccc1-c1nc(C2CC2)c(C(=O)O)s1. The molecule has 3 rings (SSSR count). The maximum absolute atomic E-state index is 11.2. The average Bonchev–Trinajstić information content (AvgIpc) is 3.09. The van der Waals surface area contributed by atoms with Gasteiger partial charge in [-0.1, -0.05) is 12.1 Å². The second kappa shape index (κ2) is 4.10. The molecule has 5 heteroatoms. The first-order chi connectivity index (χ1) is 8.66. The van der Waals surface area contributed by atoms with E-state index in [0.29, 0.717) is 21.5 Å². The molecule has 0 amide bonds. The van der Waals surface area contributed by atoms with Crippen molar-refractivity contribution in [2.24, 2.45) is 0 Å². The average molecular weight is 260 g/mol. The Bertz CT molecular complexity index is 617. The van der Waals surface area contributed by atoms with Crippen molar-refractivity contribution >= 4 is 23.0 Å². The number of carboxylic acid groups (broad SMARTS) is 1. The minimum atomic E-state index is -0.893. The van der Waals surface area contributed by atoms with Crippen LogP contribution in [0.4, 0.5) is 5.69 Å². The van der Waals surface area contributed by atoms with Gasteiger partial charge in [-0.05, 0) is 25.0 Å². The zero-order chi connectivity index (χ0) is 12.7. The van der Waals surface area contributed by atoms with Crippen LogP contribution in [0, 0.1) is 0 Å². The van der Waals surface area contributed by atoms with Crippen LogP contribution in [0.3, 0.4) is 0 Å². The van der Waals surface area contributed by atoms with Gasteiger partial charge in [-0.3, -0.25) is 0 Å². The highest BCUT2D eigenvalue weighted by molar-refractivity contribution is 7.17. The molecule has 0 spiro atoms. The van der Waals surface area contributed by atoms with Crippen LogP contribution in [0.1, 0.15) is 34.1 Å². The highest BCUT2D eigenvalue weighted by Gasteiger charge is 2.32. The van der Waals surface area contributed by atoms with Gasteiger partial charge >= 0.3 is 5.97 Å². The summed E-state index contributed by atoms with van der Waals surface area (Å²) in [5.74, 6) is -0.568. The number of carbonyl (C=O) groups is 1. The van der Waals surface area contributed by atoms with E-state index in [-0.39, 0.29) is 0 Å². The Hall–Kier alpha value is -1.88. The number of rotatable bonds is 3. The maximum Gasteiger partial charge on any atom is 0.347 e. The topological polar surface area (TPSA) is 76.2 Å². The van der Waals surface area contributed by atoms with Gasteiger partial charge in [-0.2, -0.15) is 0 Å². The van der Waals surface area contributed by atoms with Crippen LogP contribution in [0.2, 0.25) is 0 Å². The Kier molecular flexibility index (Phi) is 2.56. The van der Waals surface area contributed by atoms with E-state index in [4.69, 9.17) is 5.73 Å². The van der Waals surface area contributed by atoms with Gasteiger partial charge in [0.25, 0.3) is 0 Å². The number of benzene rings is 1. The summed E-state index contributed by atoms with van der Waals surface area (Å²) in [6, 6.07) is 7.40. The van der Waals surface area contributed by atoms with Gasteiger partial charge < -0.3 is 10.8 Å². The van der Waals surface area contributed by atoms with Crippen molar-refractivity contribution in [3.8, 4) is 10.6 Å². The molecule has 4 nitrogen and oxygen atoms in total. The Morgan fingerprint density at radius 1 is 1.39 bits per heavy atom. The summed E-state index contributed by atoms with van der Waals surface area (Å²) < 4.78 is 0. The number of aromatic nitrogens is 1. The number of hydrogen-bond acceptors (Lipinski definition) is 4. The van der Waals surface area contributed by atoms with Gasteiger partial charge in [0.05, 0.1) is 5.69 Å². The van der Waals surface area contributed by atoms with E-state index in [1.165, 1.54) is 11.3 Å². The minimum absolute atomic E-state index is 0.325. The molecule has 92 valence electrons. The lowest BCUT2D eigenvalue weighted by atomic mass is 10.2. The van der Waals surface area contributed by atoms with E-state index < -0.39 is 5.97 Å². The molecule has 1 heterocycles. The molecular formula is C13H12N2O2S. The van der Waals surface area contributed by atoms with Crippen molar-refractivity contribution in [2.45, 2.75) is 18.8 Å². The fourth-order valence-corrected chi connectivity index (χ4v) is 2.96. The number of nitrogens with zero attached hydrogens (tertiary/aromatic N) is 1. The summed E-state index contributed by atoms with van der Waals surface area (Å²) in [5, 5.41) is 9.91. The Morgan fingerprint density at radius 3 is 2.72 bits per heavy atom. The summed E-state index contributed by atoms with van der Waals surface area (Å²) >= 11 is 1.21.